The molecule has 3 rings (SSSR count). The maximum absolute atomic E-state index is 11.7. The molecule has 0 radical (unpaired) electrons. The van der Waals surface area contributed by atoms with Crippen molar-refractivity contribution in [3.63, 3.8) is 0 Å². The third-order valence-corrected chi connectivity index (χ3v) is 3.78. The van der Waals surface area contributed by atoms with E-state index in [1.54, 1.807) is 0 Å². The average Bonchev–Trinajstić information content (AvgIpc) is 3.03. The second-order valence-electron chi connectivity index (χ2n) is 5.55. The summed E-state index contributed by atoms with van der Waals surface area (Å²) in [6.07, 6.45) is 11.7. The highest BCUT2D eigenvalue weighted by Gasteiger charge is 2.23. The summed E-state index contributed by atoms with van der Waals surface area (Å²) in [6, 6.07) is 0.439. The normalized spacial score (nSPS) is 19.8. The van der Waals surface area contributed by atoms with Crippen LogP contribution in [0.15, 0.2) is 6.20 Å². The molecule has 2 aliphatic carbocycles. The van der Waals surface area contributed by atoms with E-state index in [9.17, 15) is 4.79 Å². The smallest absolute Gasteiger partial charge is 0.241 e. The number of fused-ring (bicyclic) bond motifs is 1. The highest BCUT2D eigenvalue weighted by atomic mass is 16.2. The second-order valence-corrected chi connectivity index (χ2v) is 5.55. The van der Waals surface area contributed by atoms with Gasteiger partial charge in [-0.05, 0) is 44.1 Å². The minimum atomic E-state index is 0.105. The summed E-state index contributed by atoms with van der Waals surface area (Å²) < 4.78 is 1.83. The van der Waals surface area contributed by atoms with E-state index >= 15 is 0 Å². The number of carbonyl (C=O) groups excluding carboxylic acids is 1. The van der Waals surface area contributed by atoms with Gasteiger partial charge in [-0.1, -0.05) is 12.8 Å². The molecule has 1 aromatic heterocycles. The molecule has 1 heterocycles. The molecule has 1 saturated carbocycles. The summed E-state index contributed by atoms with van der Waals surface area (Å²) in [4.78, 5) is 11.7. The van der Waals surface area contributed by atoms with Crippen molar-refractivity contribution >= 4 is 5.91 Å². The summed E-state index contributed by atoms with van der Waals surface area (Å²) in [7, 11) is 0. The monoisotopic (exact) mass is 247 g/mol. The maximum Gasteiger partial charge on any atom is 0.241 e. The zero-order valence-electron chi connectivity index (χ0n) is 10.8. The van der Waals surface area contributed by atoms with Gasteiger partial charge < -0.3 is 5.32 Å². The molecular formula is C14H21N3O. The molecule has 0 aliphatic heterocycles. The third kappa shape index (κ3) is 2.92. The molecular weight excluding hydrogens is 226 g/mol. The molecule has 1 aromatic rings. The van der Waals surface area contributed by atoms with Crippen LogP contribution >= 0.6 is 0 Å². The fourth-order valence-corrected chi connectivity index (χ4v) is 2.61. The Kier molecular flexibility index (Phi) is 3.35. The Morgan fingerprint density at radius 1 is 1.28 bits per heavy atom. The van der Waals surface area contributed by atoms with Crippen LogP contribution in [0.2, 0.25) is 0 Å². The Morgan fingerprint density at radius 3 is 2.83 bits per heavy atom. The first kappa shape index (κ1) is 11.8. The molecule has 4 nitrogen and oxygen atoms in total. The van der Waals surface area contributed by atoms with E-state index in [0.717, 1.165) is 25.7 Å². The van der Waals surface area contributed by atoms with Gasteiger partial charge in [0, 0.05) is 12.2 Å². The summed E-state index contributed by atoms with van der Waals surface area (Å²) in [5.41, 5.74) is 2.57. The third-order valence-electron chi connectivity index (χ3n) is 3.78. The summed E-state index contributed by atoms with van der Waals surface area (Å²) in [6.45, 7) is 0.378. The molecule has 98 valence electrons. The topological polar surface area (TPSA) is 46.9 Å². The lowest BCUT2D eigenvalue weighted by Crippen LogP contribution is -2.29. The van der Waals surface area contributed by atoms with Crippen molar-refractivity contribution in [2.24, 2.45) is 0 Å². The lowest BCUT2D eigenvalue weighted by molar-refractivity contribution is -0.122. The van der Waals surface area contributed by atoms with Crippen LogP contribution in [0, 0.1) is 0 Å². The van der Waals surface area contributed by atoms with Gasteiger partial charge in [0.05, 0.1) is 5.69 Å². The summed E-state index contributed by atoms with van der Waals surface area (Å²) >= 11 is 0. The number of aromatic nitrogens is 2. The number of nitrogens with zero attached hydrogens (tertiary/aromatic N) is 2. The molecule has 1 fully saturated rings. The first-order valence-electron chi connectivity index (χ1n) is 7.16. The molecule has 0 atom stereocenters. The van der Waals surface area contributed by atoms with Crippen LogP contribution in [0.1, 0.15) is 49.8 Å². The van der Waals surface area contributed by atoms with Crippen LogP contribution in [-0.4, -0.2) is 21.7 Å². The van der Waals surface area contributed by atoms with Crippen LogP contribution in [0.5, 0.6) is 0 Å². The second kappa shape index (κ2) is 5.12. The zero-order valence-corrected chi connectivity index (χ0v) is 10.8. The van der Waals surface area contributed by atoms with Crippen LogP contribution in [0.3, 0.4) is 0 Å². The maximum atomic E-state index is 11.7. The van der Waals surface area contributed by atoms with Gasteiger partial charge in [0.25, 0.3) is 0 Å². The molecule has 0 aromatic carbocycles. The van der Waals surface area contributed by atoms with Gasteiger partial charge in [-0.25, -0.2) is 0 Å². The molecule has 1 amide bonds. The predicted molar refractivity (Wildman–Crippen MR) is 69.3 cm³/mol. The molecule has 0 saturated heterocycles. The van der Waals surface area contributed by atoms with Gasteiger partial charge in [0.2, 0.25) is 5.91 Å². The van der Waals surface area contributed by atoms with Gasteiger partial charge in [0.15, 0.2) is 0 Å². The minimum absolute atomic E-state index is 0.105. The van der Waals surface area contributed by atoms with E-state index in [4.69, 9.17) is 0 Å². The first-order valence-corrected chi connectivity index (χ1v) is 7.16. The molecule has 18 heavy (non-hydrogen) atoms. The number of rotatable bonds is 3. The van der Waals surface area contributed by atoms with E-state index in [1.165, 1.54) is 36.9 Å². The lowest BCUT2D eigenvalue weighted by Gasteiger charge is -2.06. The highest BCUT2D eigenvalue weighted by Crippen LogP contribution is 2.20. The number of amides is 1. The minimum Gasteiger partial charge on any atom is -0.352 e. The van der Waals surface area contributed by atoms with Gasteiger partial charge in [-0.15, -0.1) is 0 Å². The molecule has 0 spiro atoms. The van der Waals surface area contributed by atoms with E-state index in [-0.39, 0.29) is 5.91 Å². The molecule has 0 bridgehead atoms. The van der Waals surface area contributed by atoms with E-state index in [0.29, 0.717) is 12.6 Å². The van der Waals surface area contributed by atoms with Crippen LogP contribution in [0.25, 0.3) is 0 Å². The number of hydrogen-bond acceptors (Lipinski definition) is 2. The Bertz CT molecular complexity index is 409. The van der Waals surface area contributed by atoms with Crippen molar-refractivity contribution in [2.75, 3.05) is 0 Å². The zero-order chi connectivity index (χ0) is 12.4. The van der Waals surface area contributed by atoms with Gasteiger partial charge in [-0.2, -0.15) is 5.10 Å². The van der Waals surface area contributed by atoms with E-state index in [1.807, 2.05) is 4.68 Å². The molecule has 0 unspecified atom stereocenters. The lowest BCUT2D eigenvalue weighted by atomic mass is 9.99. The van der Waals surface area contributed by atoms with Gasteiger partial charge in [-0.3, -0.25) is 9.48 Å². The van der Waals surface area contributed by atoms with Crippen molar-refractivity contribution in [3.8, 4) is 0 Å². The number of aryl methyl sites for hydroxylation is 2. The number of nitrogens with one attached hydrogen (secondary N) is 1. The van der Waals surface area contributed by atoms with Crippen molar-refractivity contribution < 1.29 is 4.79 Å². The fourth-order valence-electron chi connectivity index (χ4n) is 2.61. The number of carbonyl (C=O) groups is 1. The Labute approximate surface area is 108 Å². The van der Waals surface area contributed by atoms with Gasteiger partial charge in [0.1, 0.15) is 6.54 Å². The standard InChI is InChI=1S/C14H21N3O/c18-14(15-12-7-8-12)10-17-9-11-5-3-1-2-4-6-13(11)16-17/h9,12H,1-8,10H2,(H,15,18). The van der Waals surface area contributed by atoms with Crippen LogP contribution in [0.4, 0.5) is 0 Å². The van der Waals surface area contributed by atoms with E-state index in [2.05, 4.69) is 16.6 Å². The largest absolute Gasteiger partial charge is 0.352 e. The molecule has 1 N–H and O–H groups in total. The Balaban J connectivity index is 1.64. The van der Waals surface area contributed by atoms with Crippen molar-refractivity contribution in [3.05, 3.63) is 17.5 Å². The molecule has 4 heteroatoms. The summed E-state index contributed by atoms with van der Waals surface area (Å²) in [5.74, 6) is 0.105. The summed E-state index contributed by atoms with van der Waals surface area (Å²) in [5, 5.41) is 7.58. The quantitative estimate of drug-likeness (QED) is 0.885. The Hall–Kier alpha value is -1.32. The Morgan fingerprint density at radius 2 is 2.06 bits per heavy atom. The molecule has 2 aliphatic rings. The first-order chi connectivity index (χ1) is 8.81. The van der Waals surface area contributed by atoms with E-state index < -0.39 is 0 Å². The number of hydrogen-bond donors (Lipinski definition) is 1. The van der Waals surface area contributed by atoms with Crippen molar-refractivity contribution in [1.29, 1.82) is 0 Å². The van der Waals surface area contributed by atoms with Crippen LogP contribution in [-0.2, 0) is 24.2 Å². The van der Waals surface area contributed by atoms with Crippen molar-refractivity contribution in [1.82, 2.24) is 15.1 Å². The fraction of sp³-hybridized carbons (Fsp3) is 0.714. The average molecular weight is 247 g/mol. The SMILES string of the molecule is O=C(Cn1cc2c(n1)CCCCCC2)NC1CC1. The predicted octanol–water partition coefficient (Wildman–Crippen LogP) is 1.82. The highest BCUT2D eigenvalue weighted by molar-refractivity contribution is 5.76. The van der Waals surface area contributed by atoms with Gasteiger partial charge >= 0.3 is 0 Å². The van der Waals surface area contributed by atoms with Crippen LogP contribution < -0.4 is 5.32 Å². The van der Waals surface area contributed by atoms with Crippen molar-refractivity contribution in [2.45, 2.75) is 64.0 Å².